The highest BCUT2D eigenvalue weighted by atomic mass is 16.2. The van der Waals surface area contributed by atoms with Crippen LogP contribution in [0.15, 0.2) is 0 Å². The predicted octanol–water partition coefficient (Wildman–Crippen LogP) is 4.42. The van der Waals surface area contributed by atoms with Gasteiger partial charge in [-0.25, -0.2) is 0 Å². The van der Waals surface area contributed by atoms with Crippen LogP contribution in [0.2, 0.25) is 0 Å². The molecule has 0 bridgehead atoms. The molecule has 0 aromatic heterocycles. The maximum atomic E-state index is 12.1. The van der Waals surface area contributed by atoms with Crippen LogP contribution in [0.3, 0.4) is 0 Å². The van der Waals surface area contributed by atoms with Crippen LogP contribution < -0.4 is 10.6 Å². The number of nitrogens with one attached hydrogen (secondary N) is 2. The summed E-state index contributed by atoms with van der Waals surface area (Å²) >= 11 is 0. The van der Waals surface area contributed by atoms with Gasteiger partial charge in [-0.15, -0.1) is 0 Å². The fraction of sp³-hybridized carbons (Fsp3) is 0.857. The molecule has 0 aliphatic rings. The van der Waals surface area contributed by atoms with Crippen molar-refractivity contribution in [3.8, 4) is 0 Å². The van der Waals surface area contributed by atoms with Crippen LogP contribution in [0.5, 0.6) is 0 Å². The first-order valence-electron chi connectivity index (χ1n) is 14.3. The summed E-state index contributed by atoms with van der Waals surface area (Å²) < 4.78 is 0. The van der Waals surface area contributed by atoms with Crippen molar-refractivity contribution < 1.29 is 19.2 Å². The molecule has 0 aliphatic heterocycles. The van der Waals surface area contributed by atoms with E-state index in [1.54, 1.807) is 23.9 Å². The van der Waals surface area contributed by atoms with Crippen LogP contribution in [0, 0.1) is 0 Å². The summed E-state index contributed by atoms with van der Waals surface area (Å²) in [5.74, 6) is -0.200. The van der Waals surface area contributed by atoms with Crippen molar-refractivity contribution in [2.75, 3.05) is 40.3 Å². The minimum Gasteiger partial charge on any atom is -0.356 e. The lowest BCUT2D eigenvalue weighted by atomic mass is 10.1. The Morgan fingerprint density at radius 1 is 0.500 bits per heavy atom. The quantitative estimate of drug-likeness (QED) is 0.199. The normalized spacial score (nSPS) is 10.7. The van der Waals surface area contributed by atoms with E-state index in [4.69, 9.17) is 0 Å². The van der Waals surface area contributed by atoms with Crippen molar-refractivity contribution in [1.29, 1.82) is 0 Å². The first-order valence-corrected chi connectivity index (χ1v) is 14.3. The van der Waals surface area contributed by atoms with E-state index in [9.17, 15) is 19.2 Å². The number of amides is 4. The highest BCUT2D eigenvalue weighted by Crippen LogP contribution is 2.06. The van der Waals surface area contributed by atoms with Gasteiger partial charge in [0.25, 0.3) is 0 Å². The molecule has 0 rings (SSSR count). The van der Waals surface area contributed by atoms with Gasteiger partial charge in [0.15, 0.2) is 0 Å². The molecule has 0 unspecified atom stereocenters. The van der Waals surface area contributed by atoms with Crippen LogP contribution in [-0.4, -0.2) is 73.7 Å². The van der Waals surface area contributed by atoms with E-state index in [1.165, 1.54) is 38.5 Å². The number of carbonyl (C=O) groups is 4. The smallest absolute Gasteiger partial charge is 0.222 e. The molecule has 0 spiro atoms. The van der Waals surface area contributed by atoms with E-state index in [2.05, 4.69) is 24.5 Å². The van der Waals surface area contributed by atoms with Gasteiger partial charge in [-0.05, 0) is 25.7 Å². The van der Waals surface area contributed by atoms with Gasteiger partial charge < -0.3 is 20.4 Å². The van der Waals surface area contributed by atoms with Gasteiger partial charge in [-0.3, -0.25) is 19.2 Å². The molecule has 0 radical (unpaired) electrons. The molecule has 8 nitrogen and oxygen atoms in total. The predicted molar refractivity (Wildman–Crippen MR) is 147 cm³/mol. The van der Waals surface area contributed by atoms with E-state index in [-0.39, 0.29) is 49.3 Å². The molecular formula is C28H54N4O4. The number of hydrogen-bond acceptors (Lipinski definition) is 4. The molecular weight excluding hydrogens is 456 g/mol. The van der Waals surface area contributed by atoms with Crippen molar-refractivity contribution in [3.05, 3.63) is 0 Å². The summed E-state index contributed by atoms with van der Waals surface area (Å²) in [7, 11) is 3.61. The van der Waals surface area contributed by atoms with Gasteiger partial charge in [-0.1, -0.05) is 65.2 Å². The molecule has 0 aromatic rings. The summed E-state index contributed by atoms with van der Waals surface area (Å²) in [6.07, 6.45) is 14.0. The van der Waals surface area contributed by atoms with E-state index in [0.717, 1.165) is 51.6 Å². The Bertz CT molecular complexity index is 560. The Labute approximate surface area is 220 Å². The van der Waals surface area contributed by atoms with E-state index in [0.29, 0.717) is 13.1 Å². The van der Waals surface area contributed by atoms with Crippen molar-refractivity contribution in [1.82, 2.24) is 20.4 Å². The number of nitrogens with zero attached hydrogens (tertiary/aromatic N) is 2. The van der Waals surface area contributed by atoms with Crippen LogP contribution in [0.1, 0.15) is 117 Å². The van der Waals surface area contributed by atoms with Crippen LogP contribution in [0.4, 0.5) is 0 Å². The number of carbonyl (C=O) groups excluding carboxylic acids is 4. The molecule has 36 heavy (non-hydrogen) atoms. The lowest BCUT2D eigenvalue weighted by Gasteiger charge is -2.17. The minimum absolute atomic E-state index is 0.0139. The minimum atomic E-state index is -0.114. The topological polar surface area (TPSA) is 98.8 Å². The fourth-order valence-corrected chi connectivity index (χ4v) is 3.86. The van der Waals surface area contributed by atoms with E-state index < -0.39 is 0 Å². The Balaban J connectivity index is 3.71. The molecule has 0 saturated heterocycles. The second-order valence-corrected chi connectivity index (χ2v) is 9.87. The Kier molecular flexibility index (Phi) is 21.9. The fourth-order valence-electron chi connectivity index (χ4n) is 3.86. The maximum absolute atomic E-state index is 12.1. The number of rotatable bonds is 23. The van der Waals surface area contributed by atoms with Gasteiger partial charge in [0.05, 0.1) is 0 Å². The van der Waals surface area contributed by atoms with Gasteiger partial charge in [-0.2, -0.15) is 0 Å². The molecule has 0 atom stereocenters. The third-order valence-corrected chi connectivity index (χ3v) is 6.43. The number of unbranched alkanes of at least 4 members (excludes halogenated alkanes) is 9. The summed E-state index contributed by atoms with van der Waals surface area (Å²) in [6, 6.07) is 0. The lowest BCUT2D eigenvalue weighted by Crippen LogP contribution is -2.31. The van der Waals surface area contributed by atoms with Crippen LogP contribution >= 0.6 is 0 Å². The Morgan fingerprint density at radius 3 is 1.22 bits per heavy atom. The van der Waals surface area contributed by atoms with Crippen LogP contribution in [0.25, 0.3) is 0 Å². The van der Waals surface area contributed by atoms with Gasteiger partial charge >= 0.3 is 0 Å². The van der Waals surface area contributed by atoms with Gasteiger partial charge in [0, 0.05) is 66.0 Å². The lowest BCUT2D eigenvalue weighted by molar-refractivity contribution is -0.132. The molecule has 0 heterocycles. The van der Waals surface area contributed by atoms with Crippen molar-refractivity contribution >= 4 is 23.6 Å². The SMILES string of the molecule is CCCCCCCN(C)C(=O)CCC(=O)NCCCCNC(=O)CCC(=O)N(C)CCCCCCC. The maximum Gasteiger partial charge on any atom is 0.222 e. The highest BCUT2D eigenvalue weighted by molar-refractivity contribution is 5.84. The molecule has 0 saturated carbocycles. The molecule has 2 N–H and O–H groups in total. The molecule has 0 fully saturated rings. The third kappa shape index (κ3) is 20.1. The zero-order valence-corrected chi connectivity index (χ0v) is 23.7. The monoisotopic (exact) mass is 510 g/mol. The van der Waals surface area contributed by atoms with Crippen LogP contribution in [-0.2, 0) is 19.2 Å². The van der Waals surface area contributed by atoms with Gasteiger partial charge in [0.2, 0.25) is 23.6 Å². The average molecular weight is 511 g/mol. The zero-order chi connectivity index (χ0) is 27.0. The standard InChI is InChI=1S/C28H54N4O4/c1-5-7-9-11-15-23-31(3)27(35)19-17-25(33)29-21-13-14-22-30-26(34)18-20-28(36)32(4)24-16-12-10-8-6-2/h5-24H2,1-4H3,(H,29,33)(H,30,34). The average Bonchev–Trinajstić information content (AvgIpc) is 2.87. The summed E-state index contributed by atoms with van der Waals surface area (Å²) in [4.78, 5) is 51.7. The zero-order valence-electron chi connectivity index (χ0n) is 23.7. The second kappa shape index (κ2) is 23.3. The molecule has 0 aliphatic carbocycles. The molecule has 4 amide bonds. The van der Waals surface area contributed by atoms with E-state index in [1.807, 2.05) is 0 Å². The first-order chi connectivity index (χ1) is 17.3. The highest BCUT2D eigenvalue weighted by Gasteiger charge is 2.12. The van der Waals surface area contributed by atoms with Crippen molar-refractivity contribution in [2.24, 2.45) is 0 Å². The van der Waals surface area contributed by atoms with Crippen molar-refractivity contribution in [2.45, 2.75) is 117 Å². The van der Waals surface area contributed by atoms with E-state index >= 15 is 0 Å². The Hall–Kier alpha value is -2.12. The van der Waals surface area contributed by atoms with Gasteiger partial charge in [0.1, 0.15) is 0 Å². The number of hydrogen-bond donors (Lipinski definition) is 2. The van der Waals surface area contributed by atoms with Crippen molar-refractivity contribution in [3.63, 3.8) is 0 Å². The first kappa shape index (κ1) is 33.9. The summed E-state index contributed by atoms with van der Waals surface area (Å²) in [5.41, 5.74) is 0. The molecule has 8 heteroatoms. The molecule has 210 valence electrons. The largest absolute Gasteiger partial charge is 0.356 e. The second-order valence-electron chi connectivity index (χ2n) is 9.87. The third-order valence-electron chi connectivity index (χ3n) is 6.43. The molecule has 0 aromatic carbocycles. The summed E-state index contributed by atoms with van der Waals surface area (Å²) in [5, 5.41) is 5.68. The Morgan fingerprint density at radius 2 is 0.861 bits per heavy atom. The summed E-state index contributed by atoms with van der Waals surface area (Å²) in [6.45, 7) is 6.92.